The van der Waals surface area contributed by atoms with Gasteiger partial charge in [-0.2, -0.15) is 0 Å². The molecule has 176 valence electrons. The van der Waals surface area contributed by atoms with Crippen molar-refractivity contribution in [1.82, 2.24) is 5.32 Å². The molecule has 3 aromatic carbocycles. The number of barbiturate groups is 1. The maximum absolute atomic E-state index is 13.7. The molecule has 4 rings (SSSR count). The summed E-state index contributed by atoms with van der Waals surface area (Å²) < 4.78 is 24.0. The van der Waals surface area contributed by atoms with Gasteiger partial charge in [0.2, 0.25) is 0 Å². The standard InChI is InChI=1S/C26H19FN2O6/c1-34-25(32)17-8-10-19(11-9-17)29-24(31)21(23(30)28-26(29)33)14-16-6-12-20(13-7-16)35-15-18-4-2-3-5-22(18)27/h2-14H,15H2,1H3,(H,28,30,33). The predicted molar refractivity (Wildman–Crippen MR) is 124 cm³/mol. The van der Waals surface area contributed by atoms with Crippen LogP contribution in [0.3, 0.4) is 0 Å². The van der Waals surface area contributed by atoms with E-state index in [2.05, 4.69) is 10.1 Å². The zero-order chi connectivity index (χ0) is 24.9. The van der Waals surface area contributed by atoms with Crippen molar-refractivity contribution in [2.45, 2.75) is 6.61 Å². The van der Waals surface area contributed by atoms with Crippen molar-refractivity contribution in [3.63, 3.8) is 0 Å². The summed E-state index contributed by atoms with van der Waals surface area (Å²) in [5.41, 5.74) is 1.09. The van der Waals surface area contributed by atoms with Gasteiger partial charge in [0.15, 0.2) is 0 Å². The van der Waals surface area contributed by atoms with E-state index in [1.54, 1.807) is 42.5 Å². The molecular formula is C26H19FN2O6. The summed E-state index contributed by atoms with van der Waals surface area (Å²) in [4.78, 5) is 50.2. The number of hydrogen-bond donors (Lipinski definition) is 1. The van der Waals surface area contributed by atoms with E-state index in [9.17, 15) is 23.6 Å². The Morgan fingerprint density at radius 1 is 0.971 bits per heavy atom. The summed E-state index contributed by atoms with van der Waals surface area (Å²) in [5.74, 6) is -2.11. The summed E-state index contributed by atoms with van der Waals surface area (Å²) in [5, 5.41) is 2.14. The quantitative estimate of drug-likeness (QED) is 0.331. The van der Waals surface area contributed by atoms with Crippen LogP contribution in [0.2, 0.25) is 0 Å². The van der Waals surface area contributed by atoms with E-state index < -0.39 is 23.8 Å². The highest BCUT2D eigenvalue weighted by atomic mass is 19.1. The Morgan fingerprint density at radius 3 is 2.31 bits per heavy atom. The molecule has 0 spiro atoms. The number of methoxy groups -OCH3 is 1. The number of nitrogens with one attached hydrogen (secondary N) is 1. The molecule has 1 saturated heterocycles. The third kappa shape index (κ3) is 5.09. The van der Waals surface area contributed by atoms with Gasteiger partial charge < -0.3 is 9.47 Å². The predicted octanol–water partition coefficient (Wildman–Crippen LogP) is 3.86. The second-order valence-corrected chi connectivity index (χ2v) is 7.45. The van der Waals surface area contributed by atoms with Crippen molar-refractivity contribution in [2.24, 2.45) is 0 Å². The van der Waals surface area contributed by atoms with Gasteiger partial charge in [0.1, 0.15) is 23.7 Å². The fourth-order valence-electron chi connectivity index (χ4n) is 3.36. The number of urea groups is 1. The van der Waals surface area contributed by atoms with Crippen molar-refractivity contribution in [3.8, 4) is 5.75 Å². The molecule has 8 nitrogen and oxygen atoms in total. The number of ether oxygens (including phenoxy) is 2. The molecule has 9 heteroatoms. The van der Waals surface area contributed by atoms with Gasteiger partial charge in [-0.3, -0.25) is 14.9 Å². The minimum Gasteiger partial charge on any atom is -0.489 e. The fourth-order valence-corrected chi connectivity index (χ4v) is 3.36. The summed E-state index contributed by atoms with van der Waals surface area (Å²) in [6.45, 7) is 0.0415. The second-order valence-electron chi connectivity index (χ2n) is 7.45. The highest BCUT2D eigenvalue weighted by Crippen LogP contribution is 2.23. The number of hydrogen-bond acceptors (Lipinski definition) is 6. The summed E-state index contributed by atoms with van der Waals surface area (Å²) in [7, 11) is 1.24. The lowest BCUT2D eigenvalue weighted by Gasteiger charge is -2.26. The number of carbonyl (C=O) groups excluding carboxylic acids is 4. The lowest BCUT2D eigenvalue weighted by molar-refractivity contribution is -0.122. The Balaban J connectivity index is 1.51. The monoisotopic (exact) mass is 474 g/mol. The molecule has 1 aliphatic rings. The molecule has 0 saturated carbocycles. The summed E-state index contributed by atoms with van der Waals surface area (Å²) in [6, 6.07) is 17.5. The highest BCUT2D eigenvalue weighted by Gasteiger charge is 2.36. The summed E-state index contributed by atoms with van der Waals surface area (Å²) >= 11 is 0. The lowest BCUT2D eigenvalue weighted by Crippen LogP contribution is -2.54. The van der Waals surface area contributed by atoms with E-state index >= 15 is 0 Å². The van der Waals surface area contributed by atoms with Gasteiger partial charge in [0.25, 0.3) is 11.8 Å². The largest absolute Gasteiger partial charge is 0.489 e. The van der Waals surface area contributed by atoms with E-state index in [0.717, 1.165) is 4.90 Å². The van der Waals surface area contributed by atoms with Crippen LogP contribution in [0.5, 0.6) is 5.75 Å². The first-order valence-electron chi connectivity index (χ1n) is 10.4. The molecule has 1 heterocycles. The number of halogens is 1. The Morgan fingerprint density at radius 2 is 1.66 bits per heavy atom. The van der Waals surface area contributed by atoms with Crippen LogP contribution in [0, 0.1) is 5.82 Å². The smallest absolute Gasteiger partial charge is 0.337 e. The third-order valence-corrected chi connectivity index (χ3v) is 5.19. The van der Waals surface area contributed by atoms with E-state index in [1.807, 2.05) is 0 Å². The van der Waals surface area contributed by atoms with Gasteiger partial charge in [0.05, 0.1) is 18.4 Å². The van der Waals surface area contributed by atoms with Crippen molar-refractivity contribution in [1.29, 1.82) is 0 Å². The first kappa shape index (κ1) is 23.4. The van der Waals surface area contributed by atoms with Gasteiger partial charge in [-0.05, 0) is 54.1 Å². The molecule has 1 fully saturated rings. The Bertz CT molecular complexity index is 1330. The molecule has 0 aliphatic carbocycles. The van der Waals surface area contributed by atoms with E-state index in [0.29, 0.717) is 16.9 Å². The van der Waals surface area contributed by atoms with Crippen LogP contribution in [0.15, 0.2) is 78.4 Å². The first-order valence-corrected chi connectivity index (χ1v) is 10.4. The molecule has 1 aliphatic heterocycles. The number of amides is 4. The molecule has 0 bridgehead atoms. The minimum absolute atomic E-state index is 0.0415. The molecular weight excluding hydrogens is 455 g/mol. The topological polar surface area (TPSA) is 102 Å². The Labute approximate surface area is 199 Å². The van der Waals surface area contributed by atoms with E-state index in [-0.39, 0.29) is 29.2 Å². The van der Waals surface area contributed by atoms with Crippen LogP contribution in [-0.2, 0) is 20.9 Å². The Kier molecular flexibility index (Phi) is 6.68. The number of esters is 1. The number of anilines is 1. The van der Waals surface area contributed by atoms with Crippen LogP contribution >= 0.6 is 0 Å². The molecule has 35 heavy (non-hydrogen) atoms. The highest BCUT2D eigenvalue weighted by molar-refractivity contribution is 6.39. The molecule has 0 atom stereocenters. The van der Waals surface area contributed by atoms with Gasteiger partial charge in [-0.1, -0.05) is 30.3 Å². The molecule has 0 unspecified atom stereocenters. The van der Waals surface area contributed by atoms with E-state index in [1.165, 1.54) is 43.5 Å². The van der Waals surface area contributed by atoms with Gasteiger partial charge in [0, 0.05) is 5.56 Å². The number of rotatable bonds is 6. The SMILES string of the molecule is COC(=O)c1ccc(N2C(=O)NC(=O)C(=Cc3ccc(OCc4ccccc4F)cc3)C2=O)cc1. The van der Waals surface area contributed by atoms with Crippen LogP contribution in [-0.4, -0.2) is 30.9 Å². The lowest BCUT2D eigenvalue weighted by atomic mass is 10.1. The number of benzene rings is 3. The minimum atomic E-state index is -0.903. The zero-order valence-corrected chi connectivity index (χ0v) is 18.5. The fraction of sp³-hybridized carbons (Fsp3) is 0.0769. The van der Waals surface area contributed by atoms with Gasteiger partial charge in [-0.25, -0.2) is 18.9 Å². The van der Waals surface area contributed by atoms with Crippen molar-refractivity contribution in [2.75, 3.05) is 12.0 Å². The van der Waals surface area contributed by atoms with Gasteiger partial charge in [-0.15, -0.1) is 0 Å². The molecule has 0 aromatic heterocycles. The average Bonchev–Trinajstić information content (AvgIpc) is 2.86. The Hall–Kier alpha value is -4.79. The normalized spacial score (nSPS) is 14.6. The molecule has 3 aromatic rings. The number of carbonyl (C=O) groups is 4. The van der Waals surface area contributed by atoms with Crippen LogP contribution in [0.25, 0.3) is 6.08 Å². The second kappa shape index (κ2) is 10.0. The average molecular weight is 474 g/mol. The third-order valence-electron chi connectivity index (χ3n) is 5.19. The van der Waals surface area contributed by atoms with Crippen LogP contribution < -0.4 is 15.0 Å². The zero-order valence-electron chi connectivity index (χ0n) is 18.5. The maximum atomic E-state index is 13.7. The van der Waals surface area contributed by atoms with Crippen LogP contribution in [0.1, 0.15) is 21.5 Å². The molecule has 4 amide bonds. The number of nitrogens with zero attached hydrogens (tertiary/aromatic N) is 1. The van der Waals surface area contributed by atoms with Crippen molar-refractivity contribution in [3.05, 3.63) is 101 Å². The van der Waals surface area contributed by atoms with Crippen LogP contribution in [0.4, 0.5) is 14.9 Å². The molecule has 1 N–H and O–H groups in total. The van der Waals surface area contributed by atoms with Crippen molar-refractivity contribution < 1.29 is 33.0 Å². The van der Waals surface area contributed by atoms with Gasteiger partial charge >= 0.3 is 12.0 Å². The molecule has 0 radical (unpaired) electrons. The number of imide groups is 2. The maximum Gasteiger partial charge on any atom is 0.337 e. The summed E-state index contributed by atoms with van der Waals surface area (Å²) in [6.07, 6.45) is 1.35. The van der Waals surface area contributed by atoms with E-state index in [4.69, 9.17) is 4.74 Å². The van der Waals surface area contributed by atoms with Crippen molar-refractivity contribution >= 4 is 35.6 Å². The first-order chi connectivity index (χ1) is 16.9.